The molecule has 0 bridgehead atoms. The fourth-order valence-corrected chi connectivity index (χ4v) is 8.53. The Balaban J connectivity index is 2.10. The van der Waals surface area contributed by atoms with Gasteiger partial charge in [-0.25, -0.2) is 0 Å². The average Bonchev–Trinajstić information content (AvgIpc) is 3.79. The van der Waals surface area contributed by atoms with Crippen LogP contribution in [-0.2, 0) is 19.1 Å². The fraction of sp³-hybridized carbons (Fsp3) is 0.889. The van der Waals surface area contributed by atoms with Gasteiger partial charge in [0.05, 0.1) is 19.3 Å². The highest BCUT2D eigenvalue weighted by Gasteiger charge is 2.19. The van der Waals surface area contributed by atoms with Crippen molar-refractivity contribution in [1.82, 2.24) is 10.2 Å². The molecule has 7 nitrogen and oxygen atoms in total. The van der Waals surface area contributed by atoms with Gasteiger partial charge in [0.2, 0.25) is 0 Å². The molecule has 358 valence electrons. The molecule has 0 aliphatic carbocycles. The SMILES string of the molecule is CCCCCCCC/C=C\CCCCCCCC(=O)OCCCCCC(O)C(CCCCOC(=O)CCCCCCC/C=C\CCCCCCCC)CNCCN1CCCC1. The third-order valence-electron chi connectivity index (χ3n) is 12.7. The summed E-state index contributed by atoms with van der Waals surface area (Å²) < 4.78 is 11.1. The Morgan fingerprint density at radius 1 is 0.525 bits per heavy atom. The van der Waals surface area contributed by atoms with Crippen molar-refractivity contribution < 1.29 is 24.2 Å². The number of allylic oxidation sites excluding steroid dienone is 4. The number of esters is 2. The molecule has 0 amide bonds. The largest absolute Gasteiger partial charge is 0.466 e. The standard InChI is InChI=1S/C54H102N2O5/c1-3-5-7-9-11-13-15-17-19-21-23-25-27-29-33-42-53(58)60-48-38-31-32-41-52(57)51(50-55-44-47-56-45-36-37-46-56)40-35-39-49-61-54(59)43-34-30-28-26-24-22-20-18-16-14-12-10-8-6-4-2/h17-20,51-52,55,57H,3-16,21-50H2,1-2H3/b19-17-,20-18-. The Morgan fingerprint density at radius 2 is 0.918 bits per heavy atom. The van der Waals surface area contributed by atoms with Crippen molar-refractivity contribution in [3.05, 3.63) is 24.3 Å². The molecule has 0 spiro atoms. The molecular formula is C54H102N2O5. The predicted molar refractivity (Wildman–Crippen MR) is 261 cm³/mol. The van der Waals surface area contributed by atoms with E-state index < -0.39 is 0 Å². The van der Waals surface area contributed by atoms with E-state index >= 15 is 0 Å². The smallest absolute Gasteiger partial charge is 0.305 e. The fourth-order valence-electron chi connectivity index (χ4n) is 8.53. The molecule has 2 atom stereocenters. The second kappa shape index (κ2) is 46.3. The van der Waals surface area contributed by atoms with Gasteiger partial charge in [-0.2, -0.15) is 0 Å². The maximum absolute atomic E-state index is 12.3. The number of carbonyl (C=O) groups is 2. The molecule has 0 aromatic heterocycles. The van der Waals surface area contributed by atoms with Gasteiger partial charge in [-0.05, 0) is 135 Å². The van der Waals surface area contributed by atoms with Crippen LogP contribution in [0.25, 0.3) is 0 Å². The highest BCUT2D eigenvalue weighted by atomic mass is 16.5. The number of aliphatic hydroxyl groups is 1. The third-order valence-corrected chi connectivity index (χ3v) is 12.7. The van der Waals surface area contributed by atoms with Crippen LogP contribution in [0.15, 0.2) is 24.3 Å². The number of hydrogen-bond donors (Lipinski definition) is 2. The number of ether oxygens (including phenoxy) is 2. The maximum atomic E-state index is 12.3. The van der Waals surface area contributed by atoms with E-state index in [1.54, 1.807) is 0 Å². The van der Waals surface area contributed by atoms with Gasteiger partial charge < -0.3 is 24.8 Å². The van der Waals surface area contributed by atoms with Gasteiger partial charge in [0.15, 0.2) is 0 Å². The summed E-state index contributed by atoms with van der Waals surface area (Å²) in [6.45, 7) is 10.8. The molecule has 1 saturated heterocycles. The Morgan fingerprint density at radius 3 is 1.39 bits per heavy atom. The summed E-state index contributed by atoms with van der Waals surface area (Å²) in [5.41, 5.74) is 0. The topological polar surface area (TPSA) is 88.1 Å². The molecule has 2 unspecified atom stereocenters. The molecule has 0 aromatic rings. The lowest BCUT2D eigenvalue weighted by atomic mass is 9.92. The van der Waals surface area contributed by atoms with Gasteiger partial charge in [0.1, 0.15) is 0 Å². The van der Waals surface area contributed by atoms with Crippen LogP contribution in [0.2, 0.25) is 0 Å². The van der Waals surface area contributed by atoms with Crippen molar-refractivity contribution in [2.45, 2.75) is 258 Å². The first-order chi connectivity index (χ1) is 30.1. The average molecular weight is 859 g/mol. The second-order valence-electron chi connectivity index (χ2n) is 18.5. The molecular weight excluding hydrogens is 757 g/mol. The summed E-state index contributed by atoms with van der Waals surface area (Å²) in [7, 11) is 0. The van der Waals surface area contributed by atoms with Crippen LogP contribution in [-0.4, -0.2) is 74.0 Å². The first-order valence-electron chi connectivity index (χ1n) is 26.8. The van der Waals surface area contributed by atoms with Crippen LogP contribution in [0, 0.1) is 5.92 Å². The van der Waals surface area contributed by atoms with Crippen LogP contribution in [0.4, 0.5) is 0 Å². The lowest BCUT2D eigenvalue weighted by Gasteiger charge is -2.24. The number of rotatable bonds is 47. The summed E-state index contributed by atoms with van der Waals surface area (Å²) in [4.78, 5) is 27.1. The van der Waals surface area contributed by atoms with Crippen LogP contribution < -0.4 is 5.32 Å². The summed E-state index contributed by atoms with van der Waals surface area (Å²) in [5.74, 6) is 0.0623. The van der Waals surface area contributed by atoms with E-state index in [0.717, 1.165) is 90.3 Å². The summed E-state index contributed by atoms with van der Waals surface area (Å²) in [6, 6.07) is 0. The molecule has 7 heteroatoms. The summed E-state index contributed by atoms with van der Waals surface area (Å²) >= 11 is 0. The van der Waals surface area contributed by atoms with Gasteiger partial charge in [-0.3, -0.25) is 9.59 Å². The molecule has 2 N–H and O–H groups in total. The number of likely N-dealkylation sites (tertiary alicyclic amines) is 1. The number of aliphatic hydroxyl groups excluding tert-OH is 1. The van der Waals surface area contributed by atoms with Gasteiger partial charge in [0, 0.05) is 32.5 Å². The molecule has 1 heterocycles. The first-order valence-corrected chi connectivity index (χ1v) is 26.8. The van der Waals surface area contributed by atoms with Gasteiger partial charge in [-0.1, -0.05) is 147 Å². The van der Waals surface area contributed by atoms with E-state index in [1.807, 2.05) is 0 Å². The minimum Gasteiger partial charge on any atom is -0.466 e. The number of nitrogens with zero attached hydrogens (tertiary/aromatic N) is 1. The van der Waals surface area contributed by atoms with Crippen LogP contribution in [0.3, 0.4) is 0 Å². The lowest BCUT2D eigenvalue weighted by molar-refractivity contribution is -0.144. The Hall–Kier alpha value is -1.70. The molecule has 1 rings (SSSR count). The third kappa shape index (κ3) is 40.8. The van der Waals surface area contributed by atoms with Crippen molar-refractivity contribution in [3.8, 4) is 0 Å². The maximum Gasteiger partial charge on any atom is 0.305 e. The molecule has 1 aliphatic heterocycles. The Labute approximate surface area is 378 Å². The quantitative estimate of drug-likeness (QED) is 0.0358. The summed E-state index contributed by atoms with van der Waals surface area (Å²) in [6.07, 6.45) is 51.6. The zero-order valence-electron chi connectivity index (χ0n) is 40.6. The Kier molecular flexibility index (Phi) is 43.5. The molecule has 0 saturated carbocycles. The highest BCUT2D eigenvalue weighted by molar-refractivity contribution is 5.69. The van der Waals surface area contributed by atoms with Crippen LogP contribution in [0.5, 0.6) is 0 Å². The van der Waals surface area contributed by atoms with Gasteiger partial charge >= 0.3 is 11.9 Å². The van der Waals surface area contributed by atoms with E-state index in [9.17, 15) is 14.7 Å². The lowest BCUT2D eigenvalue weighted by Crippen LogP contribution is -2.36. The van der Waals surface area contributed by atoms with Gasteiger partial charge in [0.25, 0.3) is 0 Å². The summed E-state index contributed by atoms with van der Waals surface area (Å²) in [5, 5.41) is 14.8. The molecule has 1 fully saturated rings. The van der Waals surface area contributed by atoms with Crippen molar-refractivity contribution in [2.24, 2.45) is 5.92 Å². The number of carbonyl (C=O) groups excluding carboxylic acids is 2. The monoisotopic (exact) mass is 859 g/mol. The van der Waals surface area contributed by atoms with E-state index in [-0.39, 0.29) is 24.0 Å². The van der Waals surface area contributed by atoms with E-state index in [0.29, 0.717) is 26.1 Å². The minimum absolute atomic E-state index is 0.0634. The highest BCUT2D eigenvalue weighted by Crippen LogP contribution is 2.19. The number of nitrogens with one attached hydrogen (secondary N) is 1. The molecule has 0 radical (unpaired) electrons. The number of hydrogen-bond acceptors (Lipinski definition) is 7. The van der Waals surface area contributed by atoms with E-state index in [1.165, 1.54) is 167 Å². The zero-order chi connectivity index (χ0) is 43.9. The van der Waals surface area contributed by atoms with Crippen molar-refractivity contribution >= 4 is 11.9 Å². The Bertz CT molecular complexity index is 996. The van der Waals surface area contributed by atoms with Crippen molar-refractivity contribution in [2.75, 3.05) is 45.9 Å². The van der Waals surface area contributed by atoms with Crippen LogP contribution in [0.1, 0.15) is 251 Å². The second-order valence-corrected chi connectivity index (χ2v) is 18.5. The molecule has 0 aromatic carbocycles. The molecule has 1 aliphatic rings. The zero-order valence-corrected chi connectivity index (χ0v) is 40.6. The predicted octanol–water partition coefficient (Wildman–Crippen LogP) is 14.5. The number of unbranched alkanes of at least 4 members (excludes halogenated alkanes) is 25. The van der Waals surface area contributed by atoms with Gasteiger partial charge in [-0.15, -0.1) is 0 Å². The minimum atomic E-state index is -0.355. The van der Waals surface area contributed by atoms with E-state index in [4.69, 9.17) is 9.47 Å². The van der Waals surface area contributed by atoms with Crippen molar-refractivity contribution in [1.29, 1.82) is 0 Å². The molecule has 61 heavy (non-hydrogen) atoms. The first kappa shape index (κ1) is 57.3. The normalized spacial score (nSPS) is 14.4. The van der Waals surface area contributed by atoms with Crippen molar-refractivity contribution in [3.63, 3.8) is 0 Å². The van der Waals surface area contributed by atoms with E-state index in [2.05, 4.69) is 48.4 Å². The van der Waals surface area contributed by atoms with Crippen LogP contribution >= 0.6 is 0 Å².